The highest BCUT2D eigenvalue weighted by Gasteiger charge is 2.35. The first-order valence-corrected chi connectivity index (χ1v) is 9.75. The van der Waals surface area contributed by atoms with Crippen molar-refractivity contribution < 1.29 is 4.79 Å². The van der Waals surface area contributed by atoms with Gasteiger partial charge >= 0.3 is 0 Å². The molecule has 0 bridgehead atoms. The largest absolute Gasteiger partial charge is 0.337 e. The van der Waals surface area contributed by atoms with E-state index in [0.717, 1.165) is 32.5 Å². The molecule has 3 nitrogen and oxygen atoms in total. The molecule has 0 N–H and O–H groups in total. The van der Waals surface area contributed by atoms with Gasteiger partial charge in [-0.1, -0.05) is 54.6 Å². The molecule has 0 aromatic heterocycles. The molecule has 1 amide bonds. The van der Waals surface area contributed by atoms with Crippen LogP contribution >= 0.6 is 0 Å². The third-order valence-corrected chi connectivity index (χ3v) is 6.27. The van der Waals surface area contributed by atoms with E-state index in [0.29, 0.717) is 11.9 Å². The van der Waals surface area contributed by atoms with E-state index < -0.39 is 0 Å². The number of carbonyl (C=O) groups excluding carboxylic acids is 1. The maximum absolute atomic E-state index is 13.3. The van der Waals surface area contributed by atoms with Gasteiger partial charge in [0, 0.05) is 31.0 Å². The minimum atomic E-state index is 0.169. The van der Waals surface area contributed by atoms with Crippen molar-refractivity contribution in [3.63, 3.8) is 0 Å². The number of hydrogen-bond donors (Lipinski definition) is 0. The molecule has 0 radical (unpaired) electrons. The topological polar surface area (TPSA) is 23.6 Å². The highest BCUT2D eigenvalue weighted by atomic mass is 16.2. The predicted molar refractivity (Wildman–Crippen MR) is 105 cm³/mol. The van der Waals surface area contributed by atoms with E-state index >= 15 is 0 Å². The molecule has 1 fully saturated rings. The van der Waals surface area contributed by atoms with Crippen LogP contribution in [0.15, 0.2) is 54.6 Å². The molecule has 2 aliphatic rings. The van der Waals surface area contributed by atoms with Crippen LogP contribution in [0.2, 0.25) is 0 Å². The van der Waals surface area contributed by atoms with Gasteiger partial charge in [0.05, 0.1) is 0 Å². The molecule has 2 heterocycles. The van der Waals surface area contributed by atoms with Crippen LogP contribution in [0.25, 0.3) is 0 Å². The minimum Gasteiger partial charge on any atom is -0.337 e. The van der Waals surface area contributed by atoms with E-state index in [1.165, 1.54) is 16.7 Å². The maximum Gasteiger partial charge on any atom is 0.226 e. The number of carbonyl (C=O) groups is 1. The first kappa shape index (κ1) is 17.3. The number of fused-ring (bicyclic) bond motifs is 1. The summed E-state index contributed by atoms with van der Waals surface area (Å²) < 4.78 is 0. The third-order valence-electron chi connectivity index (χ3n) is 6.27. The quantitative estimate of drug-likeness (QED) is 0.822. The van der Waals surface area contributed by atoms with Crippen LogP contribution in [0.1, 0.15) is 42.4 Å². The molecule has 0 saturated carbocycles. The summed E-state index contributed by atoms with van der Waals surface area (Å²) >= 11 is 0. The fraction of sp³-hybridized carbons (Fsp3) is 0.435. The molecule has 3 atom stereocenters. The van der Waals surface area contributed by atoms with Crippen molar-refractivity contribution in [2.75, 3.05) is 20.1 Å². The van der Waals surface area contributed by atoms with Crippen LogP contribution in [0, 0.1) is 5.92 Å². The Morgan fingerprint density at radius 2 is 1.77 bits per heavy atom. The lowest BCUT2D eigenvalue weighted by atomic mass is 9.83. The molecular weight excluding hydrogens is 320 g/mol. The Bertz CT molecular complexity index is 773. The highest BCUT2D eigenvalue weighted by molar-refractivity contribution is 5.79. The highest BCUT2D eigenvalue weighted by Crippen LogP contribution is 2.35. The number of benzene rings is 2. The Morgan fingerprint density at radius 3 is 2.54 bits per heavy atom. The van der Waals surface area contributed by atoms with Crippen LogP contribution < -0.4 is 0 Å². The molecule has 2 aliphatic heterocycles. The van der Waals surface area contributed by atoms with Crippen LogP contribution in [-0.4, -0.2) is 41.9 Å². The number of rotatable bonds is 2. The van der Waals surface area contributed by atoms with Crippen molar-refractivity contribution >= 4 is 5.91 Å². The van der Waals surface area contributed by atoms with E-state index in [-0.39, 0.29) is 11.8 Å². The summed E-state index contributed by atoms with van der Waals surface area (Å²) in [4.78, 5) is 17.8. The van der Waals surface area contributed by atoms with Crippen molar-refractivity contribution in [1.82, 2.24) is 9.80 Å². The minimum absolute atomic E-state index is 0.169. The van der Waals surface area contributed by atoms with Gasteiger partial charge in [-0.2, -0.15) is 0 Å². The van der Waals surface area contributed by atoms with Gasteiger partial charge in [-0.05, 0) is 50.0 Å². The zero-order valence-corrected chi connectivity index (χ0v) is 15.8. The van der Waals surface area contributed by atoms with Gasteiger partial charge in [0.1, 0.15) is 0 Å². The van der Waals surface area contributed by atoms with Crippen molar-refractivity contribution in [2.45, 2.75) is 38.3 Å². The Labute approximate surface area is 156 Å². The summed E-state index contributed by atoms with van der Waals surface area (Å²) in [6.45, 7) is 4.79. The first-order chi connectivity index (χ1) is 12.6. The lowest BCUT2D eigenvalue weighted by Crippen LogP contribution is -2.47. The van der Waals surface area contributed by atoms with E-state index in [9.17, 15) is 4.79 Å². The summed E-state index contributed by atoms with van der Waals surface area (Å²) in [6, 6.07) is 19.7. The normalized spacial score (nSPS) is 26.4. The molecule has 1 unspecified atom stereocenters. The second-order valence-corrected chi connectivity index (χ2v) is 7.93. The molecule has 1 saturated heterocycles. The molecule has 136 valence electrons. The van der Waals surface area contributed by atoms with Gasteiger partial charge in [-0.15, -0.1) is 0 Å². The Hall–Kier alpha value is -2.13. The molecule has 4 rings (SSSR count). The zero-order chi connectivity index (χ0) is 18.1. The summed E-state index contributed by atoms with van der Waals surface area (Å²) in [5.41, 5.74) is 3.97. The SMILES string of the molecule is C[C@H]1C[C@@H](C(=O)N2Cc3ccccc3C(c3ccccc3)C2)CCN1C. The monoisotopic (exact) mass is 348 g/mol. The van der Waals surface area contributed by atoms with Crippen molar-refractivity contribution in [3.05, 3.63) is 71.3 Å². The first-order valence-electron chi connectivity index (χ1n) is 9.75. The van der Waals surface area contributed by atoms with E-state index in [4.69, 9.17) is 0 Å². The summed E-state index contributed by atoms with van der Waals surface area (Å²) in [6.07, 6.45) is 1.96. The summed E-state index contributed by atoms with van der Waals surface area (Å²) in [7, 11) is 2.16. The number of nitrogens with zero attached hydrogens (tertiary/aromatic N) is 2. The summed E-state index contributed by atoms with van der Waals surface area (Å²) in [5.74, 6) is 0.789. The smallest absolute Gasteiger partial charge is 0.226 e. The second-order valence-electron chi connectivity index (χ2n) is 7.93. The number of hydrogen-bond acceptors (Lipinski definition) is 2. The fourth-order valence-corrected chi connectivity index (χ4v) is 4.52. The number of likely N-dealkylation sites (tertiary alicyclic amines) is 1. The lowest BCUT2D eigenvalue weighted by Gasteiger charge is -2.40. The van der Waals surface area contributed by atoms with Crippen molar-refractivity contribution in [2.24, 2.45) is 5.92 Å². The maximum atomic E-state index is 13.3. The number of piperidine rings is 1. The van der Waals surface area contributed by atoms with Crippen LogP contribution in [-0.2, 0) is 11.3 Å². The average Bonchev–Trinajstić information content (AvgIpc) is 2.69. The molecule has 0 aliphatic carbocycles. The Kier molecular flexibility index (Phi) is 4.82. The predicted octanol–water partition coefficient (Wildman–Crippen LogP) is 3.89. The van der Waals surface area contributed by atoms with Gasteiger partial charge in [-0.3, -0.25) is 4.79 Å². The van der Waals surface area contributed by atoms with Gasteiger partial charge in [0.15, 0.2) is 0 Å². The second kappa shape index (κ2) is 7.24. The molecule has 0 spiro atoms. The molecule has 26 heavy (non-hydrogen) atoms. The number of amides is 1. The van der Waals surface area contributed by atoms with E-state index in [1.54, 1.807) is 0 Å². The standard InChI is InChI=1S/C23H28N2O/c1-17-14-19(12-13-24(17)2)23(26)25-15-20-10-6-7-11-21(20)22(16-25)18-8-4-3-5-9-18/h3-11,17,19,22H,12-16H2,1-2H3/t17-,19-,22?/m0/s1. The van der Waals surface area contributed by atoms with Gasteiger partial charge in [0.25, 0.3) is 0 Å². The fourth-order valence-electron chi connectivity index (χ4n) is 4.52. The molecular formula is C23H28N2O. The van der Waals surface area contributed by atoms with Crippen LogP contribution in [0.5, 0.6) is 0 Å². The van der Waals surface area contributed by atoms with Gasteiger partial charge in [-0.25, -0.2) is 0 Å². The Balaban J connectivity index is 1.60. The van der Waals surface area contributed by atoms with Crippen LogP contribution in [0.3, 0.4) is 0 Å². The summed E-state index contributed by atoms with van der Waals surface area (Å²) in [5, 5.41) is 0. The van der Waals surface area contributed by atoms with Crippen molar-refractivity contribution in [3.8, 4) is 0 Å². The molecule has 2 aromatic carbocycles. The van der Waals surface area contributed by atoms with E-state index in [2.05, 4.69) is 78.4 Å². The molecule has 3 heteroatoms. The van der Waals surface area contributed by atoms with Crippen molar-refractivity contribution in [1.29, 1.82) is 0 Å². The van der Waals surface area contributed by atoms with E-state index in [1.807, 2.05) is 0 Å². The lowest BCUT2D eigenvalue weighted by molar-refractivity contribution is -0.138. The zero-order valence-electron chi connectivity index (χ0n) is 15.8. The van der Waals surface area contributed by atoms with Crippen LogP contribution in [0.4, 0.5) is 0 Å². The van der Waals surface area contributed by atoms with Gasteiger partial charge < -0.3 is 9.80 Å². The third kappa shape index (κ3) is 3.28. The molecule has 2 aromatic rings. The average molecular weight is 348 g/mol. The Morgan fingerprint density at radius 1 is 1.04 bits per heavy atom. The van der Waals surface area contributed by atoms with Gasteiger partial charge in [0.2, 0.25) is 5.91 Å².